The smallest absolute Gasteiger partial charge is 0.135 e. The van der Waals surface area contributed by atoms with Crippen molar-refractivity contribution in [2.45, 2.75) is 33.4 Å². The molecule has 2 heterocycles. The highest BCUT2D eigenvalue weighted by Crippen LogP contribution is 2.25. The Labute approximate surface area is 123 Å². The summed E-state index contributed by atoms with van der Waals surface area (Å²) in [6.07, 6.45) is 0. The average molecular weight is 285 g/mol. The fourth-order valence-electron chi connectivity index (χ4n) is 2.75. The number of hydrogen-bond acceptors (Lipinski definition) is 5. The maximum absolute atomic E-state index is 4.74. The van der Waals surface area contributed by atoms with Gasteiger partial charge in [-0.1, -0.05) is 6.07 Å². The second-order valence-electron chi connectivity index (χ2n) is 5.53. The first-order chi connectivity index (χ1) is 10.1. The van der Waals surface area contributed by atoms with Gasteiger partial charge < -0.3 is 0 Å². The normalized spacial score (nSPS) is 13.2. The number of H-pyrrole nitrogens is 1. The summed E-state index contributed by atoms with van der Waals surface area (Å²) in [4.78, 5) is 2.29. The van der Waals surface area contributed by atoms with Crippen molar-refractivity contribution >= 4 is 11.0 Å². The van der Waals surface area contributed by atoms with Gasteiger partial charge in [0, 0.05) is 23.8 Å². The van der Waals surface area contributed by atoms with Gasteiger partial charge in [-0.05, 0) is 55.8 Å². The molecular formula is C15H19N5O. The van der Waals surface area contributed by atoms with Gasteiger partial charge in [-0.3, -0.25) is 10.00 Å². The molecule has 0 aliphatic heterocycles. The van der Waals surface area contributed by atoms with Gasteiger partial charge in [0.05, 0.1) is 5.69 Å². The molecule has 0 fully saturated rings. The zero-order valence-corrected chi connectivity index (χ0v) is 12.7. The topological polar surface area (TPSA) is 70.8 Å². The minimum Gasteiger partial charge on any atom is -0.295 e. The zero-order valence-electron chi connectivity index (χ0n) is 12.7. The lowest BCUT2D eigenvalue weighted by molar-refractivity contribution is 0.252. The number of benzene rings is 1. The van der Waals surface area contributed by atoms with E-state index in [0.717, 1.165) is 29.0 Å². The Bertz CT molecular complexity index is 741. The lowest BCUT2D eigenvalue weighted by atomic mass is 10.0. The maximum atomic E-state index is 4.74. The number of nitrogens with zero attached hydrogens (tertiary/aromatic N) is 4. The van der Waals surface area contributed by atoms with E-state index in [0.29, 0.717) is 0 Å². The highest BCUT2D eigenvalue weighted by Gasteiger charge is 2.18. The monoisotopic (exact) mass is 285 g/mol. The van der Waals surface area contributed by atoms with E-state index >= 15 is 0 Å². The third kappa shape index (κ3) is 2.54. The van der Waals surface area contributed by atoms with E-state index in [1.807, 2.05) is 19.1 Å². The van der Waals surface area contributed by atoms with Crippen LogP contribution in [0, 0.1) is 13.8 Å². The average Bonchev–Trinajstić information content (AvgIpc) is 3.04. The van der Waals surface area contributed by atoms with Gasteiger partial charge in [0.2, 0.25) is 0 Å². The van der Waals surface area contributed by atoms with Crippen molar-refractivity contribution < 1.29 is 4.63 Å². The minimum absolute atomic E-state index is 0.287. The van der Waals surface area contributed by atoms with Crippen LogP contribution in [0.3, 0.4) is 0 Å². The maximum Gasteiger partial charge on any atom is 0.135 e. The van der Waals surface area contributed by atoms with Gasteiger partial charge in [0.1, 0.15) is 11.0 Å². The zero-order chi connectivity index (χ0) is 15.0. The molecule has 21 heavy (non-hydrogen) atoms. The van der Waals surface area contributed by atoms with Gasteiger partial charge in [0.15, 0.2) is 0 Å². The third-order valence-electron chi connectivity index (χ3n) is 4.01. The summed E-state index contributed by atoms with van der Waals surface area (Å²) < 4.78 is 4.74. The van der Waals surface area contributed by atoms with Crippen LogP contribution in [0.1, 0.15) is 35.5 Å². The largest absolute Gasteiger partial charge is 0.295 e. The van der Waals surface area contributed by atoms with Gasteiger partial charge >= 0.3 is 0 Å². The summed E-state index contributed by atoms with van der Waals surface area (Å²) in [5.74, 6) is 0. The lowest BCUT2D eigenvalue weighted by Gasteiger charge is -2.25. The van der Waals surface area contributed by atoms with E-state index in [4.69, 9.17) is 4.63 Å². The molecule has 0 amide bonds. The number of aromatic amines is 1. The molecule has 0 radical (unpaired) electrons. The second kappa shape index (κ2) is 5.29. The van der Waals surface area contributed by atoms with E-state index < -0.39 is 0 Å². The Hall–Kier alpha value is -2.21. The van der Waals surface area contributed by atoms with Crippen LogP contribution >= 0.6 is 0 Å². The number of rotatable bonds is 4. The second-order valence-corrected chi connectivity index (χ2v) is 5.53. The molecule has 2 aromatic heterocycles. The molecule has 0 unspecified atom stereocenters. The van der Waals surface area contributed by atoms with Crippen molar-refractivity contribution in [3.05, 3.63) is 40.7 Å². The van der Waals surface area contributed by atoms with Crippen LogP contribution in [-0.2, 0) is 6.54 Å². The Morgan fingerprint density at radius 1 is 1.24 bits per heavy atom. The summed E-state index contributed by atoms with van der Waals surface area (Å²) >= 11 is 0. The first kappa shape index (κ1) is 13.8. The molecule has 6 nitrogen and oxygen atoms in total. The van der Waals surface area contributed by atoms with E-state index in [1.54, 1.807) is 0 Å². The molecule has 6 heteroatoms. The molecule has 1 aromatic carbocycles. The summed E-state index contributed by atoms with van der Waals surface area (Å²) in [6, 6.07) is 6.30. The van der Waals surface area contributed by atoms with E-state index in [-0.39, 0.29) is 6.04 Å². The standard InChI is InChI=1S/C15H19N5O/c1-9-15(10(2)17-16-9)11(3)20(4)8-12-5-6-13-14(7-12)19-21-18-13/h5-7,11H,8H2,1-4H3,(H,16,17)/t11-/m1/s1. The van der Waals surface area contributed by atoms with Crippen molar-refractivity contribution in [2.24, 2.45) is 0 Å². The van der Waals surface area contributed by atoms with Gasteiger partial charge in [0.25, 0.3) is 0 Å². The minimum atomic E-state index is 0.287. The molecule has 0 aliphatic carbocycles. The van der Waals surface area contributed by atoms with Crippen LogP contribution in [0.15, 0.2) is 22.8 Å². The molecule has 1 atom stereocenters. The number of nitrogens with one attached hydrogen (secondary N) is 1. The van der Waals surface area contributed by atoms with Crippen LogP contribution < -0.4 is 0 Å². The van der Waals surface area contributed by atoms with Gasteiger partial charge in [-0.15, -0.1) is 0 Å². The molecule has 0 saturated heterocycles. The number of aromatic nitrogens is 4. The number of fused-ring (bicyclic) bond motifs is 1. The fraction of sp³-hybridized carbons (Fsp3) is 0.400. The first-order valence-electron chi connectivity index (χ1n) is 6.99. The summed E-state index contributed by atoms with van der Waals surface area (Å²) in [6.45, 7) is 7.12. The van der Waals surface area contributed by atoms with Crippen LogP contribution in [-0.4, -0.2) is 32.5 Å². The molecule has 1 N–H and O–H groups in total. The van der Waals surface area contributed by atoms with Crippen LogP contribution in [0.25, 0.3) is 11.0 Å². The molecule has 0 bridgehead atoms. The molecule has 3 rings (SSSR count). The van der Waals surface area contributed by atoms with Crippen molar-refractivity contribution in [3.63, 3.8) is 0 Å². The van der Waals surface area contributed by atoms with E-state index in [1.165, 1.54) is 11.1 Å². The summed E-state index contributed by atoms with van der Waals surface area (Å²) in [7, 11) is 2.11. The quantitative estimate of drug-likeness (QED) is 0.798. The Morgan fingerprint density at radius 2 is 2.00 bits per heavy atom. The SMILES string of the molecule is Cc1n[nH]c(C)c1[C@@H](C)N(C)Cc1ccc2nonc2c1. The third-order valence-corrected chi connectivity index (χ3v) is 4.01. The van der Waals surface area contributed by atoms with Crippen molar-refractivity contribution in [1.29, 1.82) is 0 Å². The predicted molar refractivity (Wildman–Crippen MR) is 79.7 cm³/mol. The van der Waals surface area contributed by atoms with Crippen molar-refractivity contribution in [3.8, 4) is 0 Å². The molecule has 0 saturated carbocycles. The molecular weight excluding hydrogens is 266 g/mol. The van der Waals surface area contributed by atoms with E-state index in [2.05, 4.69) is 52.4 Å². The summed E-state index contributed by atoms with van der Waals surface area (Å²) in [5, 5.41) is 15.0. The molecule has 0 spiro atoms. The Kier molecular flexibility index (Phi) is 3.47. The molecule has 0 aliphatic rings. The molecule has 110 valence electrons. The first-order valence-corrected chi connectivity index (χ1v) is 6.99. The van der Waals surface area contributed by atoms with Gasteiger partial charge in [-0.2, -0.15) is 5.10 Å². The Balaban J connectivity index is 1.80. The van der Waals surface area contributed by atoms with Crippen LogP contribution in [0.5, 0.6) is 0 Å². The molecule has 3 aromatic rings. The predicted octanol–water partition coefficient (Wildman–Crippen LogP) is 2.76. The van der Waals surface area contributed by atoms with Gasteiger partial charge in [-0.25, -0.2) is 4.63 Å². The Morgan fingerprint density at radius 3 is 2.71 bits per heavy atom. The number of aryl methyl sites for hydroxylation is 2. The van der Waals surface area contributed by atoms with Crippen LogP contribution in [0.4, 0.5) is 0 Å². The summed E-state index contributed by atoms with van der Waals surface area (Å²) in [5.41, 5.74) is 6.22. The lowest BCUT2D eigenvalue weighted by Crippen LogP contribution is -2.22. The van der Waals surface area contributed by atoms with Crippen molar-refractivity contribution in [1.82, 2.24) is 25.4 Å². The van der Waals surface area contributed by atoms with Crippen molar-refractivity contribution in [2.75, 3.05) is 7.05 Å². The van der Waals surface area contributed by atoms with Crippen LogP contribution in [0.2, 0.25) is 0 Å². The highest BCUT2D eigenvalue weighted by molar-refractivity contribution is 5.73. The number of hydrogen-bond donors (Lipinski definition) is 1. The highest BCUT2D eigenvalue weighted by atomic mass is 16.6. The van der Waals surface area contributed by atoms with E-state index in [9.17, 15) is 0 Å². The fourth-order valence-corrected chi connectivity index (χ4v) is 2.75.